The number of nitrogens with two attached hydrogens (primary N) is 1. The Morgan fingerprint density at radius 3 is 2.58 bits per heavy atom. The summed E-state index contributed by atoms with van der Waals surface area (Å²) in [6, 6.07) is 10.1. The predicted molar refractivity (Wildman–Crippen MR) is 75.4 cm³/mol. The molecule has 2 aromatic heterocycles. The molecule has 2 aromatic rings. The van der Waals surface area contributed by atoms with E-state index in [0.29, 0.717) is 6.54 Å². The molecule has 4 nitrogen and oxygen atoms in total. The number of aryl methyl sites for hydroxylation is 1. The molecule has 0 fully saturated rings. The first-order valence-corrected chi connectivity index (χ1v) is 6.63. The first kappa shape index (κ1) is 13.8. The molecule has 102 valence electrons. The first-order chi connectivity index (χ1) is 9.21. The lowest BCUT2D eigenvalue weighted by molar-refractivity contribution is 0.242. The second-order valence-corrected chi connectivity index (χ2v) is 4.65. The molecule has 0 amide bonds. The van der Waals surface area contributed by atoms with Crippen LogP contribution in [0.3, 0.4) is 0 Å². The fraction of sp³-hybridized carbons (Fsp3) is 0.400. The van der Waals surface area contributed by atoms with Crippen LogP contribution in [0.4, 0.5) is 0 Å². The summed E-state index contributed by atoms with van der Waals surface area (Å²) in [7, 11) is 0. The average Bonchev–Trinajstić information content (AvgIpc) is 2.85. The molecule has 0 saturated carbocycles. The maximum absolute atomic E-state index is 5.64. The summed E-state index contributed by atoms with van der Waals surface area (Å²) >= 11 is 0. The highest BCUT2D eigenvalue weighted by Crippen LogP contribution is 2.12. The van der Waals surface area contributed by atoms with Crippen LogP contribution in [-0.4, -0.2) is 16.4 Å². The van der Waals surface area contributed by atoms with Gasteiger partial charge in [-0.15, -0.1) is 0 Å². The number of hydrogen-bond donors (Lipinski definition) is 1. The van der Waals surface area contributed by atoms with E-state index in [-0.39, 0.29) is 0 Å². The van der Waals surface area contributed by atoms with E-state index >= 15 is 0 Å². The minimum atomic E-state index is 0.450. The van der Waals surface area contributed by atoms with Gasteiger partial charge in [-0.25, -0.2) is 0 Å². The van der Waals surface area contributed by atoms with Gasteiger partial charge in [-0.3, -0.25) is 9.88 Å². The van der Waals surface area contributed by atoms with Crippen LogP contribution in [0.1, 0.15) is 29.8 Å². The molecule has 0 aliphatic heterocycles. The lowest BCUT2D eigenvalue weighted by Gasteiger charge is -2.18. The number of nitrogens with zero attached hydrogens (tertiary/aromatic N) is 2. The van der Waals surface area contributed by atoms with Gasteiger partial charge in [-0.1, -0.05) is 13.0 Å². The van der Waals surface area contributed by atoms with Crippen molar-refractivity contribution in [3.8, 4) is 0 Å². The summed E-state index contributed by atoms with van der Waals surface area (Å²) in [5, 5.41) is 0. The monoisotopic (exact) mass is 259 g/mol. The SMILES string of the molecule is CCN(Cc1cccc(C)n1)Cc1ccc(CN)o1. The van der Waals surface area contributed by atoms with Gasteiger partial charge in [-0.2, -0.15) is 0 Å². The highest BCUT2D eigenvalue weighted by Gasteiger charge is 2.09. The third-order valence-electron chi connectivity index (χ3n) is 3.08. The van der Waals surface area contributed by atoms with Crippen molar-refractivity contribution in [1.29, 1.82) is 0 Å². The molecule has 19 heavy (non-hydrogen) atoms. The first-order valence-electron chi connectivity index (χ1n) is 6.63. The highest BCUT2D eigenvalue weighted by atomic mass is 16.3. The van der Waals surface area contributed by atoms with Crippen molar-refractivity contribution < 1.29 is 4.42 Å². The minimum absolute atomic E-state index is 0.450. The van der Waals surface area contributed by atoms with Crippen molar-refractivity contribution in [3.05, 3.63) is 53.2 Å². The standard InChI is InChI=1S/C15H21N3O/c1-3-18(10-13-6-4-5-12(2)17-13)11-15-8-7-14(9-16)19-15/h4-8H,3,9-11,16H2,1-2H3. The predicted octanol–water partition coefficient (Wildman–Crippen LogP) is 2.46. The molecule has 0 aliphatic rings. The van der Waals surface area contributed by atoms with Gasteiger partial charge in [0.1, 0.15) is 11.5 Å². The van der Waals surface area contributed by atoms with E-state index in [9.17, 15) is 0 Å². The van der Waals surface area contributed by atoms with Crippen LogP contribution in [-0.2, 0) is 19.6 Å². The van der Waals surface area contributed by atoms with Crippen LogP contribution in [0.15, 0.2) is 34.7 Å². The lowest BCUT2D eigenvalue weighted by Crippen LogP contribution is -2.22. The molecule has 0 aliphatic carbocycles. The summed E-state index contributed by atoms with van der Waals surface area (Å²) in [6.07, 6.45) is 0. The summed E-state index contributed by atoms with van der Waals surface area (Å²) in [5.74, 6) is 1.79. The Morgan fingerprint density at radius 1 is 1.16 bits per heavy atom. The third kappa shape index (κ3) is 3.91. The minimum Gasteiger partial charge on any atom is -0.463 e. The van der Waals surface area contributed by atoms with E-state index in [2.05, 4.69) is 22.9 Å². The Kier molecular flexibility index (Phi) is 4.71. The zero-order valence-electron chi connectivity index (χ0n) is 11.6. The fourth-order valence-electron chi connectivity index (χ4n) is 2.03. The Hall–Kier alpha value is -1.65. The van der Waals surface area contributed by atoms with Crippen molar-refractivity contribution in [2.24, 2.45) is 5.73 Å². The molecular weight excluding hydrogens is 238 g/mol. The van der Waals surface area contributed by atoms with E-state index in [1.54, 1.807) is 0 Å². The molecule has 4 heteroatoms. The number of pyridine rings is 1. The molecular formula is C15H21N3O. The van der Waals surface area contributed by atoms with Crippen molar-refractivity contribution in [3.63, 3.8) is 0 Å². The lowest BCUT2D eigenvalue weighted by atomic mass is 10.3. The fourth-order valence-corrected chi connectivity index (χ4v) is 2.03. The molecule has 0 aromatic carbocycles. The van der Waals surface area contributed by atoms with Crippen molar-refractivity contribution in [1.82, 2.24) is 9.88 Å². The molecule has 0 unspecified atom stereocenters. The largest absolute Gasteiger partial charge is 0.463 e. The Morgan fingerprint density at radius 2 is 1.95 bits per heavy atom. The van der Waals surface area contributed by atoms with Crippen LogP contribution in [0.5, 0.6) is 0 Å². The molecule has 0 spiro atoms. The number of aromatic nitrogens is 1. The summed E-state index contributed by atoms with van der Waals surface area (Å²) in [5.41, 5.74) is 7.69. The summed E-state index contributed by atoms with van der Waals surface area (Å²) in [6.45, 7) is 7.17. The van der Waals surface area contributed by atoms with E-state index in [1.165, 1.54) is 0 Å². The third-order valence-corrected chi connectivity index (χ3v) is 3.08. The van der Waals surface area contributed by atoms with Crippen LogP contribution >= 0.6 is 0 Å². The van der Waals surface area contributed by atoms with E-state index in [4.69, 9.17) is 10.2 Å². The van der Waals surface area contributed by atoms with Crippen LogP contribution < -0.4 is 5.73 Å². The normalized spacial score (nSPS) is 11.2. The van der Waals surface area contributed by atoms with Crippen LogP contribution in [0.25, 0.3) is 0 Å². The Bertz CT molecular complexity index is 522. The highest BCUT2D eigenvalue weighted by molar-refractivity contribution is 5.10. The number of furan rings is 1. The molecule has 0 atom stereocenters. The molecule has 2 rings (SSSR count). The maximum Gasteiger partial charge on any atom is 0.118 e. The zero-order chi connectivity index (χ0) is 13.7. The van der Waals surface area contributed by atoms with Crippen molar-refractivity contribution in [2.45, 2.75) is 33.5 Å². The van der Waals surface area contributed by atoms with Gasteiger partial charge in [0.2, 0.25) is 0 Å². The van der Waals surface area contributed by atoms with Gasteiger partial charge in [0.05, 0.1) is 18.8 Å². The van der Waals surface area contributed by atoms with Crippen molar-refractivity contribution >= 4 is 0 Å². The van der Waals surface area contributed by atoms with Gasteiger partial charge in [-0.05, 0) is 37.7 Å². The number of hydrogen-bond acceptors (Lipinski definition) is 4. The van der Waals surface area contributed by atoms with Gasteiger partial charge in [0, 0.05) is 12.2 Å². The Balaban J connectivity index is 2.00. The molecule has 0 saturated heterocycles. The van der Waals surface area contributed by atoms with Crippen molar-refractivity contribution in [2.75, 3.05) is 6.54 Å². The molecule has 2 heterocycles. The molecule has 0 radical (unpaired) electrons. The smallest absolute Gasteiger partial charge is 0.118 e. The molecule has 0 bridgehead atoms. The average molecular weight is 259 g/mol. The van der Waals surface area contributed by atoms with Gasteiger partial charge >= 0.3 is 0 Å². The summed E-state index contributed by atoms with van der Waals surface area (Å²) < 4.78 is 5.64. The second kappa shape index (κ2) is 6.50. The van der Waals surface area contributed by atoms with Gasteiger partial charge in [0.15, 0.2) is 0 Å². The second-order valence-electron chi connectivity index (χ2n) is 4.65. The summed E-state index contributed by atoms with van der Waals surface area (Å²) in [4.78, 5) is 6.82. The van der Waals surface area contributed by atoms with Gasteiger partial charge < -0.3 is 10.2 Å². The van der Waals surface area contributed by atoms with Gasteiger partial charge in [0.25, 0.3) is 0 Å². The van der Waals surface area contributed by atoms with Crippen LogP contribution in [0, 0.1) is 6.92 Å². The van der Waals surface area contributed by atoms with E-state index in [1.807, 2.05) is 31.2 Å². The molecule has 2 N–H and O–H groups in total. The van der Waals surface area contributed by atoms with Crippen LogP contribution in [0.2, 0.25) is 0 Å². The zero-order valence-corrected chi connectivity index (χ0v) is 11.6. The topological polar surface area (TPSA) is 55.3 Å². The van der Waals surface area contributed by atoms with E-state index in [0.717, 1.165) is 42.5 Å². The maximum atomic E-state index is 5.64. The van der Waals surface area contributed by atoms with E-state index < -0.39 is 0 Å². The number of rotatable bonds is 6. The quantitative estimate of drug-likeness (QED) is 0.865. The Labute approximate surface area is 114 Å².